The molecular formula is C22H27N3O4. The fourth-order valence-electron chi connectivity index (χ4n) is 3.71. The molecule has 1 aliphatic heterocycles. The van der Waals surface area contributed by atoms with E-state index in [1.54, 1.807) is 29.2 Å². The van der Waals surface area contributed by atoms with Gasteiger partial charge in [-0.3, -0.25) is 4.79 Å². The van der Waals surface area contributed by atoms with E-state index < -0.39 is 18.1 Å². The SMILES string of the molecule is CNCCOc1cccc(C(=O)N2[C@H](C(=O)OC)C[C@@H](N)[C@@H]2c2ccccc2)c1. The third-order valence-corrected chi connectivity index (χ3v) is 5.09. The molecular weight excluding hydrogens is 370 g/mol. The van der Waals surface area contributed by atoms with Gasteiger partial charge in [0.05, 0.1) is 13.2 Å². The first-order chi connectivity index (χ1) is 14.1. The summed E-state index contributed by atoms with van der Waals surface area (Å²) in [7, 11) is 3.17. The lowest BCUT2D eigenvalue weighted by molar-refractivity contribution is -0.145. The number of likely N-dealkylation sites (tertiary alicyclic amines) is 1. The highest BCUT2D eigenvalue weighted by molar-refractivity contribution is 5.98. The molecule has 3 rings (SSSR count). The number of likely N-dealkylation sites (N-methyl/N-ethyl adjacent to an activating group) is 1. The van der Waals surface area contributed by atoms with Crippen molar-refractivity contribution < 1.29 is 19.1 Å². The van der Waals surface area contributed by atoms with Crippen molar-refractivity contribution in [1.29, 1.82) is 0 Å². The molecule has 2 aromatic rings. The molecule has 3 N–H and O–H groups in total. The Labute approximate surface area is 170 Å². The highest BCUT2D eigenvalue weighted by atomic mass is 16.5. The molecule has 7 nitrogen and oxygen atoms in total. The van der Waals surface area contributed by atoms with Crippen molar-refractivity contribution in [3.63, 3.8) is 0 Å². The van der Waals surface area contributed by atoms with E-state index in [-0.39, 0.29) is 11.9 Å². The van der Waals surface area contributed by atoms with Crippen molar-refractivity contribution in [3.8, 4) is 5.75 Å². The molecule has 1 saturated heterocycles. The summed E-state index contributed by atoms with van der Waals surface area (Å²) < 4.78 is 10.6. The van der Waals surface area contributed by atoms with Gasteiger partial charge in [-0.15, -0.1) is 0 Å². The number of hydrogen-bond acceptors (Lipinski definition) is 6. The van der Waals surface area contributed by atoms with Crippen LogP contribution in [0.15, 0.2) is 54.6 Å². The van der Waals surface area contributed by atoms with Gasteiger partial charge in [-0.2, -0.15) is 0 Å². The molecule has 0 aliphatic carbocycles. The number of hydrogen-bond donors (Lipinski definition) is 2. The normalized spacial score (nSPS) is 21.1. The summed E-state index contributed by atoms with van der Waals surface area (Å²) in [6.45, 7) is 1.18. The van der Waals surface area contributed by atoms with Crippen LogP contribution in [0, 0.1) is 0 Å². The number of rotatable bonds is 7. The summed E-state index contributed by atoms with van der Waals surface area (Å²) in [4.78, 5) is 27.5. The minimum Gasteiger partial charge on any atom is -0.492 e. The van der Waals surface area contributed by atoms with Crippen LogP contribution in [0.1, 0.15) is 28.4 Å². The highest BCUT2D eigenvalue weighted by Crippen LogP contribution is 2.37. The van der Waals surface area contributed by atoms with Crippen LogP contribution < -0.4 is 15.8 Å². The Morgan fingerprint density at radius 3 is 2.62 bits per heavy atom. The zero-order valence-corrected chi connectivity index (χ0v) is 16.7. The number of carbonyl (C=O) groups is 2. The Kier molecular flexibility index (Phi) is 6.85. The third kappa shape index (κ3) is 4.58. The highest BCUT2D eigenvalue weighted by Gasteiger charge is 2.47. The summed E-state index contributed by atoms with van der Waals surface area (Å²) in [6.07, 6.45) is 0.344. The lowest BCUT2D eigenvalue weighted by Gasteiger charge is -2.30. The smallest absolute Gasteiger partial charge is 0.328 e. The van der Waals surface area contributed by atoms with E-state index in [0.717, 1.165) is 5.56 Å². The molecule has 1 amide bonds. The van der Waals surface area contributed by atoms with Gasteiger partial charge in [-0.25, -0.2) is 4.79 Å². The lowest BCUT2D eigenvalue weighted by atomic mass is 10.0. The zero-order valence-electron chi connectivity index (χ0n) is 16.7. The van der Waals surface area contributed by atoms with Crippen LogP contribution in [0.4, 0.5) is 0 Å². The van der Waals surface area contributed by atoms with Crippen molar-refractivity contribution in [1.82, 2.24) is 10.2 Å². The van der Waals surface area contributed by atoms with Crippen LogP contribution in [0.2, 0.25) is 0 Å². The minimum absolute atomic E-state index is 0.277. The van der Waals surface area contributed by atoms with Crippen LogP contribution in [0.3, 0.4) is 0 Å². The molecule has 7 heteroatoms. The molecule has 0 radical (unpaired) electrons. The number of benzene rings is 2. The standard InChI is InChI=1S/C22H27N3O4/c1-24-11-12-29-17-10-6-9-16(13-17)21(26)25-19(22(27)28-2)14-18(23)20(25)15-7-4-3-5-8-15/h3-10,13,18-20,24H,11-12,14,23H2,1-2H3/t18-,19+,20+/m1/s1. The fourth-order valence-corrected chi connectivity index (χ4v) is 3.71. The van der Waals surface area contributed by atoms with Gasteiger partial charge in [-0.05, 0) is 37.2 Å². The number of nitrogens with two attached hydrogens (primary N) is 1. The average molecular weight is 397 g/mol. The second-order valence-corrected chi connectivity index (χ2v) is 6.99. The predicted octanol–water partition coefficient (Wildman–Crippen LogP) is 1.74. The van der Waals surface area contributed by atoms with Crippen molar-refractivity contribution >= 4 is 11.9 Å². The van der Waals surface area contributed by atoms with Gasteiger partial charge in [0.15, 0.2) is 0 Å². The molecule has 0 spiro atoms. The number of ether oxygens (including phenoxy) is 2. The van der Waals surface area contributed by atoms with E-state index >= 15 is 0 Å². The van der Waals surface area contributed by atoms with E-state index in [0.29, 0.717) is 30.9 Å². The van der Waals surface area contributed by atoms with E-state index in [4.69, 9.17) is 15.2 Å². The molecule has 0 aromatic heterocycles. The van der Waals surface area contributed by atoms with Crippen molar-refractivity contribution in [3.05, 3.63) is 65.7 Å². The van der Waals surface area contributed by atoms with E-state index in [1.807, 2.05) is 37.4 Å². The number of carbonyl (C=O) groups excluding carboxylic acids is 2. The molecule has 0 saturated carbocycles. The second kappa shape index (κ2) is 9.54. The summed E-state index contributed by atoms with van der Waals surface area (Å²) in [6, 6.07) is 15.0. The van der Waals surface area contributed by atoms with Gasteiger partial charge < -0.3 is 25.4 Å². The predicted molar refractivity (Wildman–Crippen MR) is 110 cm³/mol. The first-order valence-corrected chi connectivity index (χ1v) is 9.65. The van der Waals surface area contributed by atoms with Crippen molar-refractivity contribution in [2.75, 3.05) is 27.3 Å². The molecule has 29 heavy (non-hydrogen) atoms. The molecule has 2 aromatic carbocycles. The van der Waals surface area contributed by atoms with E-state index in [9.17, 15) is 9.59 Å². The molecule has 0 bridgehead atoms. The van der Waals surface area contributed by atoms with Gasteiger partial charge in [0.1, 0.15) is 18.4 Å². The summed E-state index contributed by atoms with van der Waals surface area (Å²) >= 11 is 0. The van der Waals surface area contributed by atoms with Crippen LogP contribution in [-0.2, 0) is 9.53 Å². The Morgan fingerprint density at radius 1 is 1.17 bits per heavy atom. The molecule has 1 aliphatic rings. The monoisotopic (exact) mass is 397 g/mol. The van der Waals surface area contributed by atoms with Gasteiger partial charge in [0, 0.05) is 18.2 Å². The third-order valence-electron chi connectivity index (χ3n) is 5.09. The zero-order chi connectivity index (χ0) is 20.8. The maximum atomic E-state index is 13.5. The molecule has 1 fully saturated rings. The molecule has 154 valence electrons. The van der Waals surface area contributed by atoms with Gasteiger partial charge in [0.25, 0.3) is 5.91 Å². The van der Waals surface area contributed by atoms with Crippen molar-refractivity contribution in [2.45, 2.75) is 24.5 Å². The van der Waals surface area contributed by atoms with Gasteiger partial charge >= 0.3 is 5.97 Å². The largest absolute Gasteiger partial charge is 0.492 e. The van der Waals surface area contributed by atoms with Crippen LogP contribution in [0.25, 0.3) is 0 Å². The minimum atomic E-state index is -0.735. The van der Waals surface area contributed by atoms with Gasteiger partial charge in [0.2, 0.25) is 0 Å². The number of esters is 1. The first kappa shape index (κ1) is 20.8. The summed E-state index contributed by atoms with van der Waals surface area (Å²) in [5.74, 6) is -0.143. The number of nitrogens with one attached hydrogen (secondary N) is 1. The van der Waals surface area contributed by atoms with Crippen LogP contribution >= 0.6 is 0 Å². The van der Waals surface area contributed by atoms with Crippen molar-refractivity contribution in [2.24, 2.45) is 5.73 Å². The lowest BCUT2D eigenvalue weighted by Crippen LogP contribution is -2.43. The maximum Gasteiger partial charge on any atom is 0.328 e. The average Bonchev–Trinajstić information content (AvgIpc) is 3.10. The quantitative estimate of drug-likeness (QED) is 0.546. The summed E-state index contributed by atoms with van der Waals surface area (Å²) in [5, 5.41) is 3.01. The Hall–Kier alpha value is -2.90. The van der Waals surface area contributed by atoms with E-state index in [2.05, 4.69) is 5.32 Å². The van der Waals surface area contributed by atoms with Crippen LogP contribution in [-0.4, -0.2) is 56.2 Å². The molecule has 0 unspecified atom stereocenters. The number of methoxy groups -OCH3 is 1. The van der Waals surface area contributed by atoms with Crippen LogP contribution in [0.5, 0.6) is 5.75 Å². The Bertz CT molecular complexity index is 843. The first-order valence-electron chi connectivity index (χ1n) is 9.65. The maximum absolute atomic E-state index is 13.5. The Morgan fingerprint density at radius 2 is 1.93 bits per heavy atom. The number of amides is 1. The molecule has 3 atom stereocenters. The topological polar surface area (TPSA) is 93.9 Å². The van der Waals surface area contributed by atoms with E-state index in [1.165, 1.54) is 7.11 Å². The van der Waals surface area contributed by atoms with Gasteiger partial charge in [-0.1, -0.05) is 36.4 Å². The second-order valence-electron chi connectivity index (χ2n) is 6.99. The summed E-state index contributed by atoms with van der Waals surface area (Å²) in [5.41, 5.74) is 7.71. The number of nitrogens with zero attached hydrogens (tertiary/aromatic N) is 1. The fraction of sp³-hybridized carbons (Fsp3) is 0.364. The molecule has 1 heterocycles. The Balaban J connectivity index is 1.93.